The standard InChI is InChI=1S/C20H23N3O2/c24-20(19-5-3-11-25-19)22-17-7-6-15-8-10-23(13-16(15)12-17)14-18-4-1-2-9-21-18/h1-2,4,6-7,9,12,19H,3,5,8,10-11,13-14H2,(H,22,24). The van der Waals surface area contributed by atoms with E-state index in [1.165, 1.54) is 11.1 Å². The van der Waals surface area contributed by atoms with Gasteiger partial charge in [0.25, 0.3) is 5.91 Å². The van der Waals surface area contributed by atoms with E-state index in [4.69, 9.17) is 4.74 Å². The Bertz CT molecular complexity index is 742. The van der Waals surface area contributed by atoms with Crippen molar-refractivity contribution < 1.29 is 9.53 Å². The molecule has 3 heterocycles. The summed E-state index contributed by atoms with van der Waals surface area (Å²) in [5, 5.41) is 3.00. The van der Waals surface area contributed by atoms with Crippen molar-refractivity contribution in [3.8, 4) is 0 Å². The Balaban J connectivity index is 1.43. The average Bonchev–Trinajstić information content (AvgIpc) is 3.17. The first-order valence-electron chi connectivity index (χ1n) is 8.94. The summed E-state index contributed by atoms with van der Waals surface area (Å²) in [7, 11) is 0. The van der Waals surface area contributed by atoms with Gasteiger partial charge in [-0.2, -0.15) is 0 Å². The number of carbonyl (C=O) groups excluding carboxylic acids is 1. The number of hydrogen-bond acceptors (Lipinski definition) is 4. The first kappa shape index (κ1) is 16.2. The fraction of sp³-hybridized carbons (Fsp3) is 0.400. The molecule has 1 unspecified atom stereocenters. The minimum atomic E-state index is -0.295. The Morgan fingerprint density at radius 3 is 3.04 bits per heavy atom. The smallest absolute Gasteiger partial charge is 0.253 e. The number of pyridine rings is 1. The van der Waals surface area contributed by atoms with Crippen molar-refractivity contribution in [2.45, 2.75) is 38.5 Å². The van der Waals surface area contributed by atoms with E-state index in [0.717, 1.165) is 50.3 Å². The molecule has 5 nitrogen and oxygen atoms in total. The number of nitrogens with one attached hydrogen (secondary N) is 1. The molecule has 25 heavy (non-hydrogen) atoms. The quantitative estimate of drug-likeness (QED) is 0.932. The molecule has 1 fully saturated rings. The van der Waals surface area contributed by atoms with Crippen LogP contribution in [0.4, 0.5) is 5.69 Å². The number of aromatic nitrogens is 1. The highest BCUT2D eigenvalue weighted by Crippen LogP contribution is 2.24. The van der Waals surface area contributed by atoms with Crippen LogP contribution in [0.2, 0.25) is 0 Å². The summed E-state index contributed by atoms with van der Waals surface area (Å²) in [5.74, 6) is -0.0291. The summed E-state index contributed by atoms with van der Waals surface area (Å²) < 4.78 is 5.46. The van der Waals surface area contributed by atoms with Crippen molar-refractivity contribution in [3.05, 3.63) is 59.4 Å². The zero-order valence-electron chi connectivity index (χ0n) is 14.3. The van der Waals surface area contributed by atoms with Gasteiger partial charge >= 0.3 is 0 Å². The van der Waals surface area contributed by atoms with Gasteiger partial charge in [0, 0.05) is 38.1 Å². The topological polar surface area (TPSA) is 54.5 Å². The maximum atomic E-state index is 12.2. The Morgan fingerprint density at radius 1 is 1.28 bits per heavy atom. The molecule has 1 amide bonds. The first-order valence-corrected chi connectivity index (χ1v) is 8.94. The lowest BCUT2D eigenvalue weighted by Crippen LogP contribution is -2.31. The van der Waals surface area contributed by atoms with Gasteiger partial charge in [-0.1, -0.05) is 12.1 Å². The van der Waals surface area contributed by atoms with Crippen LogP contribution in [-0.2, 0) is 29.0 Å². The van der Waals surface area contributed by atoms with Crippen molar-refractivity contribution >= 4 is 11.6 Å². The lowest BCUT2D eigenvalue weighted by Gasteiger charge is -2.29. The Hall–Kier alpha value is -2.24. The van der Waals surface area contributed by atoms with Crippen molar-refractivity contribution in [1.29, 1.82) is 0 Å². The third-order valence-corrected chi connectivity index (χ3v) is 4.90. The van der Waals surface area contributed by atoms with Crippen LogP contribution in [0.3, 0.4) is 0 Å². The van der Waals surface area contributed by atoms with Crippen LogP contribution >= 0.6 is 0 Å². The molecule has 0 spiro atoms. The zero-order chi connectivity index (χ0) is 17.1. The summed E-state index contributed by atoms with van der Waals surface area (Å²) >= 11 is 0. The summed E-state index contributed by atoms with van der Waals surface area (Å²) in [6.07, 6.45) is 4.35. The number of ether oxygens (including phenoxy) is 1. The van der Waals surface area contributed by atoms with Crippen LogP contribution in [0.5, 0.6) is 0 Å². The molecule has 1 N–H and O–H groups in total. The minimum Gasteiger partial charge on any atom is -0.368 e. The molecule has 1 atom stereocenters. The minimum absolute atomic E-state index is 0.0291. The second-order valence-electron chi connectivity index (χ2n) is 6.76. The van der Waals surface area contributed by atoms with E-state index in [2.05, 4.69) is 33.4 Å². The molecule has 1 aromatic heterocycles. The highest BCUT2D eigenvalue weighted by atomic mass is 16.5. The van der Waals surface area contributed by atoms with Crippen molar-refractivity contribution in [1.82, 2.24) is 9.88 Å². The van der Waals surface area contributed by atoms with Crippen molar-refractivity contribution in [3.63, 3.8) is 0 Å². The molecular weight excluding hydrogens is 314 g/mol. The van der Waals surface area contributed by atoms with Gasteiger partial charge in [0.15, 0.2) is 0 Å². The molecule has 1 saturated heterocycles. The fourth-order valence-corrected chi connectivity index (χ4v) is 3.56. The van der Waals surface area contributed by atoms with Crippen molar-refractivity contribution in [2.24, 2.45) is 0 Å². The molecule has 2 aromatic rings. The molecular formula is C20H23N3O2. The zero-order valence-corrected chi connectivity index (χ0v) is 14.3. The van der Waals surface area contributed by atoms with Crippen LogP contribution in [0, 0.1) is 0 Å². The van der Waals surface area contributed by atoms with Gasteiger partial charge in [0.1, 0.15) is 6.10 Å². The second-order valence-corrected chi connectivity index (χ2v) is 6.76. The van der Waals surface area contributed by atoms with Crippen LogP contribution in [-0.4, -0.2) is 35.0 Å². The maximum Gasteiger partial charge on any atom is 0.253 e. The van der Waals surface area contributed by atoms with Gasteiger partial charge in [-0.3, -0.25) is 14.7 Å². The number of fused-ring (bicyclic) bond motifs is 1. The molecule has 0 saturated carbocycles. The van der Waals surface area contributed by atoms with E-state index in [1.54, 1.807) is 0 Å². The summed E-state index contributed by atoms with van der Waals surface area (Å²) in [6, 6.07) is 12.3. The molecule has 2 aliphatic rings. The molecule has 130 valence electrons. The molecule has 1 aromatic carbocycles. The summed E-state index contributed by atoms with van der Waals surface area (Å²) in [6.45, 7) is 3.46. The Labute approximate surface area is 148 Å². The summed E-state index contributed by atoms with van der Waals surface area (Å²) in [4.78, 5) is 19.0. The number of anilines is 1. The third-order valence-electron chi connectivity index (χ3n) is 4.90. The second kappa shape index (κ2) is 7.33. The number of amides is 1. The lowest BCUT2D eigenvalue weighted by molar-refractivity contribution is -0.124. The van der Waals surface area contributed by atoms with E-state index in [0.29, 0.717) is 6.61 Å². The maximum absolute atomic E-state index is 12.2. The van der Waals surface area contributed by atoms with E-state index in [-0.39, 0.29) is 12.0 Å². The lowest BCUT2D eigenvalue weighted by atomic mass is 9.99. The highest BCUT2D eigenvalue weighted by Gasteiger charge is 2.24. The van der Waals surface area contributed by atoms with Crippen LogP contribution < -0.4 is 5.32 Å². The van der Waals surface area contributed by atoms with Gasteiger partial charge in [-0.05, 0) is 54.7 Å². The van der Waals surface area contributed by atoms with Crippen molar-refractivity contribution in [2.75, 3.05) is 18.5 Å². The molecule has 0 radical (unpaired) electrons. The van der Waals surface area contributed by atoms with E-state index < -0.39 is 0 Å². The van der Waals surface area contributed by atoms with E-state index >= 15 is 0 Å². The molecule has 0 bridgehead atoms. The first-order chi connectivity index (χ1) is 12.3. The molecule has 4 rings (SSSR count). The monoisotopic (exact) mass is 337 g/mol. The van der Waals surface area contributed by atoms with Gasteiger partial charge in [0.2, 0.25) is 0 Å². The third kappa shape index (κ3) is 3.89. The highest BCUT2D eigenvalue weighted by molar-refractivity contribution is 5.94. The number of carbonyl (C=O) groups is 1. The number of benzene rings is 1. The Morgan fingerprint density at radius 2 is 2.24 bits per heavy atom. The van der Waals surface area contributed by atoms with E-state index in [9.17, 15) is 4.79 Å². The normalized spacial score (nSPS) is 20.2. The SMILES string of the molecule is O=C(Nc1ccc2c(c1)CN(Cc1ccccn1)CC2)C1CCCO1. The van der Waals surface area contributed by atoms with Crippen LogP contribution in [0.1, 0.15) is 29.7 Å². The molecule has 2 aliphatic heterocycles. The van der Waals surface area contributed by atoms with Crippen LogP contribution in [0.15, 0.2) is 42.6 Å². The number of rotatable bonds is 4. The average molecular weight is 337 g/mol. The predicted octanol–water partition coefficient (Wildman–Crippen LogP) is 2.76. The Kier molecular flexibility index (Phi) is 4.76. The van der Waals surface area contributed by atoms with Gasteiger partial charge < -0.3 is 10.1 Å². The van der Waals surface area contributed by atoms with Gasteiger partial charge in [-0.25, -0.2) is 0 Å². The largest absolute Gasteiger partial charge is 0.368 e. The number of hydrogen-bond donors (Lipinski definition) is 1. The number of nitrogens with zero attached hydrogens (tertiary/aromatic N) is 2. The van der Waals surface area contributed by atoms with Crippen LogP contribution in [0.25, 0.3) is 0 Å². The van der Waals surface area contributed by atoms with Gasteiger partial charge in [0.05, 0.1) is 5.69 Å². The van der Waals surface area contributed by atoms with E-state index in [1.807, 2.05) is 24.4 Å². The summed E-state index contributed by atoms with van der Waals surface area (Å²) in [5.41, 5.74) is 4.60. The molecule has 5 heteroatoms. The fourth-order valence-electron chi connectivity index (χ4n) is 3.56. The van der Waals surface area contributed by atoms with Gasteiger partial charge in [-0.15, -0.1) is 0 Å². The predicted molar refractivity (Wildman–Crippen MR) is 96.1 cm³/mol. The molecule has 0 aliphatic carbocycles.